The number of rotatable bonds is 7. The van der Waals surface area contributed by atoms with Crippen molar-refractivity contribution in [2.75, 3.05) is 6.61 Å². The Morgan fingerprint density at radius 2 is 1.62 bits per heavy atom. The maximum atomic E-state index is 13.5. The van der Waals surface area contributed by atoms with Crippen molar-refractivity contribution in [1.82, 2.24) is 9.66 Å². The van der Waals surface area contributed by atoms with Crippen molar-refractivity contribution >= 4 is 33.9 Å². The zero-order chi connectivity index (χ0) is 25.8. The number of carbonyl (C=O) groups is 1. The van der Waals surface area contributed by atoms with E-state index in [1.807, 2.05) is 72.8 Å². The number of carbonyl (C=O) groups excluding carboxylic acids is 1. The Morgan fingerprint density at radius 3 is 2.41 bits per heavy atom. The summed E-state index contributed by atoms with van der Waals surface area (Å²) in [5.74, 6) is 0.405. The van der Waals surface area contributed by atoms with Gasteiger partial charge in [-0.25, -0.2) is 9.78 Å². The fourth-order valence-electron chi connectivity index (χ4n) is 4.09. The standard InChI is InChI=1S/C30H25N3O4/c1-20(2)37-28(34)19-36-27-17-16-21-10-6-7-13-23(21)25(27)18-31-33-29(22-11-4-3-5-12-22)32-26-15-9-8-14-24(26)30(33)35/h3-18,20H,19H2,1-2H3. The van der Waals surface area contributed by atoms with Gasteiger partial charge in [0.05, 0.1) is 23.2 Å². The smallest absolute Gasteiger partial charge is 0.344 e. The molecule has 37 heavy (non-hydrogen) atoms. The van der Waals surface area contributed by atoms with E-state index >= 15 is 0 Å². The van der Waals surface area contributed by atoms with Crippen LogP contribution in [0.15, 0.2) is 101 Å². The van der Waals surface area contributed by atoms with E-state index in [-0.39, 0.29) is 18.3 Å². The minimum absolute atomic E-state index is 0.238. The van der Waals surface area contributed by atoms with Gasteiger partial charge in [0.25, 0.3) is 5.56 Å². The van der Waals surface area contributed by atoms with Crippen LogP contribution in [0.5, 0.6) is 5.75 Å². The molecule has 5 aromatic rings. The van der Waals surface area contributed by atoms with E-state index in [0.717, 1.165) is 16.3 Å². The lowest BCUT2D eigenvalue weighted by molar-refractivity contribution is -0.149. The molecule has 0 bridgehead atoms. The molecular weight excluding hydrogens is 466 g/mol. The Bertz CT molecular complexity index is 1670. The predicted molar refractivity (Wildman–Crippen MR) is 145 cm³/mol. The molecule has 0 atom stereocenters. The highest BCUT2D eigenvalue weighted by Gasteiger charge is 2.14. The summed E-state index contributed by atoms with van der Waals surface area (Å²) in [4.78, 5) is 30.4. The Morgan fingerprint density at radius 1 is 0.919 bits per heavy atom. The van der Waals surface area contributed by atoms with Gasteiger partial charge in [-0.15, -0.1) is 0 Å². The maximum absolute atomic E-state index is 13.5. The molecule has 0 radical (unpaired) electrons. The van der Waals surface area contributed by atoms with Crippen molar-refractivity contribution < 1.29 is 14.3 Å². The first-order valence-electron chi connectivity index (χ1n) is 12.0. The van der Waals surface area contributed by atoms with Crippen LogP contribution in [0.1, 0.15) is 19.4 Å². The highest BCUT2D eigenvalue weighted by atomic mass is 16.6. The van der Waals surface area contributed by atoms with E-state index in [9.17, 15) is 9.59 Å². The fraction of sp³-hybridized carbons (Fsp3) is 0.133. The van der Waals surface area contributed by atoms with Crippen molar-refractivity contribution in [2.45, 2.75) is 20.0 Å². The molecule has 1 aromatic heterocycles. The molecular formula is C30H25N3O4. The summed E-state index contributed by atoms with van der Waals surface area (Å²) >= 11 is 0. The van der Waals surface area contributed by atoms with Gasteiger partial charge < -0.3 is 9.47 Å². The van der Waals surface area contributed by atoms with Gasteiger partial charge in [-0.1, -0.05) is 72.8 Å². The Labute approximate surface area is 213 Å². The largest absolute Gasteiger partial charge is 0.481 e. The molecule has 0 saturated heterocycles. The zero-order valence-corrected chi connectivity index (χ0v) is 20.5. The van der Waals surface area contributed by atoms with Crippen LogP contribution in [0, 0.1) is 0 Å². The number of ether oxygens (including phenoxy) is 2. The lowest BCUT2D eigenvalue weighted by Gasteiger charge is -2.13. The second kappa shape index (κ2) is 10.5. The molecule has 5 rings (SSSR count). The van der Waals surface area contributed by atoms with Crippen molar-refractivity contribution in [3.8, 4) is 17.1 Å². The molecule has 0 aliphatic heterocycles. The predicted octanol–water partition coefficient (Wildman–Crippen LogP) is 5.43. The first kappa shape index (κ1) is 23.9. The molecule has 0 unspecified atom stereocenters. The number of para-hydroxylation sites is 1. The van der Waals surface area contributed by atoms with E-state index in [4.69, 9.17) is 14.5 Å². The number of hydrogen-bond donors (Lipinski definition) is 0. The van der Waals surface area contributed by atoms with Crippen LogP contribution >= 0.6 is 0 Å². The van der Waals surface area contributed by atoms with E-state index in [1.54, 1.807) is 38.3 Å². The SMILES string of the molecule is CC(C)OC(=O)COc1ccc2ccccc2c1C=Nn1c(-c2ccccc2)nc2ccccc2c1=O. The number of hydrogen-bond acceptors (Lipinski definition) is 6. The Kier molecular flexibility index (Phi) is 6.76. The average Bonchev–Trinajstić information content (AvgIpc) is 2.91. The summed E-state index contributed by atoms with van der Waals surface area (Å²) in [6.07, 6.45) is 1.34. The highest BCUT2D eigenvalue weighted by Crippen LogP contribution is 2.27. The molecule has 4 aromatic carbocycles. The van der Waals surface area contributed by atoms with Crippen molar-refractivity contribution in [3.63, 3.8) is 0 Å². The third-order valence-electron chi connectivity index (χ3n) is 5.73. The summed E-state index contributed by atoms with van der Waals surface area (Å²) in [5.41, 5.74) is 1.70. The quantitative estimate of drug-likeness (QED) is 0.224. The molecule has 0 saturated carbocycles. The number of nitrogens with zero attached hydrogens (tertiary/aromatic N) is 3. The maximum Gasteiger partial charge on any atom is 0.344 e. The lowest BCUT2D eigenvalue weighted by atomic mass is 10.0. The first-order chi connectivity index (χ1) is 18.0. The number of esters is 1. The molecule has 7 heteroatoms. The monoisotopic (exact) mass is 491 g/mol. The summed E-state index contributed by atoms with van der Waals surface area (Å²) in [6, 6.07) is 28.1. The van der Waals surface area contributed by atoms with E-state index in [1.165, 1.54) is 4.68 Å². The van der Waals surface area contributed by atoms with Crippen molar-refractivity contribution in [1.29, 1.82) is 0 Å². The van der Waals surface area contributed by atoms with Crippen LogP contribution in [0.4, 0.5) is 0 Å². The molecule has 0 aliphatic rings. The molecule has 0 amide bonds. The fourth-order valence-corrected chi connectivity index (χ4v) is 4.09. The molecule has 0 N–H and O–H groups in total. The van der Waals surface area contributed by atoms with E-state index < -0.39 is 5.97 Å². The summed E-state index contributed by atoms with van der Waals surface area (Å²) < 4.78 is 12.3. The highest BCUT2D eigenvalue weighted by molar-refractivity contribution is 6.02. The average molecular weight is 492 g/mol. The van der Waals surface area contributed by atoms with E-state index in [2.05, 4.69) is 5.10 Å². The van der Waals surface area contributed by atoms with Crippen molar-refractivity contribution in [3.05, 3.63) is 107 Å². The molecule has 0 aliphatic carbocycles. The summed E-state index contributed by atoms with van der Waals surface area (Å²) in [6.45, 7) is 3.32. The van der Waals surface area contributed by atoms with Gasteiger partial charge >= 0.3 is 5.97 Å². The normalized spacial score (nSPS) is 11.4. The van der Waals surface area contributed by atoms with Crippen LogP contribution in [-0.2, 0) is 9.53 Å². The van der Waals surface area contributed by atoms with Crippen LogP contribution in [0.2, 0.25) is 0 Å². The van der Waals surface area contributed by atoms with Gasteiger partial charge in [-0.05, 0) is 42.8 Å². The minimum atomic E-state index is -0.465. The van der Waals surface area contributed by atoms with E-state index in [0.29, 0.717) is 28.0 Å². The Balaban J connectivity index is 1.64. The number of fused-ring (bicyclic) bond motifs is 2. The lowest BCUT2D eigenvalue weighted by Crippen LogP contribution is -2.20. The second-order valence-corrected chi connectivity index (χ2v) is 8.71. The van der Waals surface area contributed by atoms with Crippen molar-refractivity contribution in [2.24, 2.45) is 5.10 Å². The number of aromatic nitrogens is 2. The van der Waals surface area contributed by atoms with Gasteiger partial charge in [-0.3, -0.25) is 4.79 Å². The van der Waals surface area contributed by atoms with Gasteiger partial charge in [-0.2, -0.15) is 9.78 Å². The third kappa shape index (κ3) is 5.11. The summed E-state index contributed by atoms with van der Waals surface area (Å²) in [7, 11) is 0. The van der Waals surface area contributed by atoms with Crippen LogP contribution in [0.25, 0.3) is 33.1 Å². The van der Waals surface area contributed by atoms with Crippen LogP contribution in [0.3, 0.4) is 0 Å². The van der Waals surface area contributed by atoms with Crippen LogP contribution in [-0.4, -0.2) is 34.6 Å². The first-order valence-corrected chi connectivity index (χ1v) is 12.0. The van der Waals surface area contributed by atoms with Gasteiger partial charge in [0.15, 0.2) is 12.4 Å². The van der Waals surface area contributed by atoms with Crippen LogP contribution < -0.4 is 10.3 Å². The topological polar surface area (TPSA) is 82.8 Å². The molecule has 7 nitrogen and oxygen atoms in total. The number of benzene rings is 4. The summed E-state index contributed by atoms with van der Waals surface area (Å²) in [5, 5.41) is 6.90. The molecule has 1 heterocycles. The molecule has 0 spiro atoms. The third-order valence-corrected chi connectivity index (χ3v) is 5.73. The second-order valence-electron chi connectivity index (χ2n) is 8.71. The molecule has 0 fully saturated rings. The minimum Gasteiger partial charge on any atom is -0.481 e. The Hall–Kier alpha value is -4.78. The zero-order valence-electron chi connectivity index (χ0n) is 20.5. The molecule has 184 valence electrons. The van der Waals surface area contributed by atoms with Gasteiger partial charge in [0.2, 0.25) is 0 Å². The van der Waals surface area contributed by atoms with Gasteiger partial charge in [0, 0.05) is 11.1 Å². The van der Waals surface area contributed by atoms with Gasteiger partial charge in [0.1, 0.15) is 5.75 Å².